The third kappa shape index (κ3) is 2.59. The quantitative estimate of drug-likeness (QED) is 0.450. The summed E-state index contributed by atoms with van der Waals surface area (Å²) in [4.78, 5) is 10.5. The fourth-order valence-corrected chi connectivity index (χ4v) is 0.652. The van der Waals surface area contributed by atoms with E-state index in [2.05, 4.69) is 10.1 Å². The molecule has 0 aromatic heterocycles. The maximum Gasteiger partial charge on any atom is 0.331 e. The summed E-state index contributed by atoms with van der Waals surface area (Å²) in [6.07, 6.45) is 2.93. The predicted octanol–water partition coefficient (Wildman–Crippen LogP) is -0.339. The van der Waals surface area contributed by atoms with Gasteiger partial charge in [-0.3, -0.25) is 0 Å². The Morgan fingerprint density at radius 3 is 2.91 bits per heavy atom. The molecule has 0 aromatic rings. The van der Waals surface area contributed by atoms with Crippen LogP contribution in [-0.4, -0.2) is 32.3 Å². The lowest BCUT2D eigenvalue weighted by Crippen LogP contribution is -2.43. The molecular weight excluding hydrogens is 146 g/mol. The number of methoxy groups -OCH3 is 1. The zero-order valence-corrected chi connectivity index (χ0v) is 6.37. The first-order chi connectivity index (χ1) is 5.33. The van der Waals surface area contributed by atoms with Crippen LogP contribution in [0, 0.1) is 0 Å². The van der Waals surface area contributed by atoms with Gasteiger partial charge in [-0.15, -0.1) is 0 Å². The Morgan fingerprint density at radius 1 is 1.73 bits per heavy atom. The monoisotopic (exact) mass is 157 g/mol. The minimum Gasteiger partial charge on any atom is -0.466 e. The van der Waals surface area contributed by atoms with Crippen LogP contribution in [0.5, 0.6) is 0 Å². The van der Waals surface area contributed by atoms with Gasteiger partial charge in [0.2, 0.25) is 0 Å². The Bertz CT molecular complexity index is 163. The molecule has 0 amide bonds. The molecule has 0 spiro atoms. The van der Waals surface area contributed by atoms with Gasteiger partial charge >= 0.3 is 5.97 Å². The molecule has 0 bridgehead atoms. The normalized spacial score (nSPS) is 17.9. The van der Waals surface area contributed by atoms with Crippen molar-refractivity contribution in [2.24, 2.45) is 0 Å². The van der Waals surface area contributed by atoms with Gasteiger partial charge in [0.15, 0.2) is 0 Å². The van der Waals surface area contributed by atoms with Crippen LogP contribution in [0.2, 0.25) is 0 Å². The van der Waals surface area contributed by atoms with Gasteiger partial charge < -0.3 is 14.8 Å². The smallest absolute Gasteiger partial charge is 0.331 e. The molecule has 0 atom stereocenters. The zero-order valence-electron chi connectivity index (χ0n) is 6.37. The summed E-state index contributed by atoms with van der Waals surface area (Å²) in [7, 11) is 1.35. The van der Waals surface area contributed by atoms with Gasteiger partial charge in [0.05, 0.1) is 26.4 Å². The minimum atomic E-state index is -0.349. The van der Waals surface area contributed by atoms with Crippen molar-refractivity contribution in [3.8, 4) is 0 Å². The summed E-state index contributed by atoms with van der Waals surface area (Å²) < 4.78 is 9.29. The second kappa shape index (κ2) is 3.98. The van der Waals surface area contributed by atoms with Crippen molar-refractivity contribution in [1.29, 1.82) is 0 Å². The molecule has 0 aromatic carbocycles. The van der Waals surface area contributed by atoms with Crippen LogP contribution in [0.15, 0.2) is 12.3 Å². The van der Waals surface area contributed by atoms with E-state index in [1.165, 1.54) is 13.2 Å². The topological polar surface area (TPSA) is 47.6 Å². The van der Waals surface area contributed by atoms with Gasteiger partial charge in [-0.05, 0) is 0 Å². The van der Waals surface area contributed by atoms with Crippen molar-refractivity contribution in [1.82, 2.24) is 5.32 Å². The Morgan fingerprint density at radius 2 is 2.45 bits per heavy atom. The van der Waals surface area contributed by atoms with E-state index in [4.69, 9.17) is 4.74 Å². The van der Waals surface area contributed by atoms with Gasteiger partial charge in [-0.2, -0.15) is 0 Å². The molecule has 0 radical (unpaired) electrons. The molecule has 1 fully saturated rings. The number of nitrogens with one attached hydrogen (secondary N) is 1. The van der Waals surface area contributed by atoms with Gasteiger partial charge in [-0.25, -0.2) is 4.79 Å². The van der Waals surface area contributed by atoms with Crippen molar-refractivity contribution in [2.75, 3.05) is 20.3 Å². The Balaban J connectivity index is 2.09. The van der Waals surface area contributed by atoms with Gasteiger partial charge in [-0.1, -0.05) is 0 Å². The highest BCUT2D eigenvalue weighted by atomic mass is 16.5. The van der Waals surface area contributed by atoms with Gasteiger partial charge in [0, 0.05) is 12.3 Å². The van der Waals surface area contributed by atoms with Crippen LogP contribution in [-0.2, 0) is 14.3 Å². The number of carbonyl (C=O) groups is 1. The van der Waals surface area contributed by atoms with Crippen molar-refractivity contribution in [3.63, 3.8) is 0 Å². The summed E-state index contributed by atoms with van der Waals surface area (Å²) in [6.45, 7) is 1.43. The number of carbonyl (C=O) groups excluding carboxylic acids is 1. The lowest BCUT2D eigenvalue weighted by atomic mass is 10.3. The summed E-state index contributed by atoms with van der Waals surface area (Å²) in [5, 5.41) is 2.98. The highest BCUT2D eigenvalue weighted by Crippen LogP contribution is 1.98. The van der Waals surface area contributed by atoms with E-state index in [0.29, 0.717) is 19.3 Å². The highest BCUT2D eigenvalue weighted by molar-refractivity contribution is 5.81. The first-order valence-corrected chi connectivity index (χ1v) is 3.41. The van der Waals surface area contributed by atoms with E-state index in [9.17, 15) is 4.79 Å². The summed E-state index contributed by atoms with van der Waals surface area (Å²) in [5.74, 6) is -0.349. The van der Waals surface area contributed by atoms with Crippen LogP contribution in [0.25, 0.3) is 0 Å². The SMILES string of the molecule is COC(=O)/C=C/NC1COC1. The Labute approximate surface area is 65.2 Å². The molecule has 0 saturated carbocycles. The lowest BCUT2D eigenvalue weighted by molar-refractivity contribution is -0.134. The molecular formula is C7H11NO3. The van der Waals surface area contributed by atoms with Gasteiger partial charge in [0.25, 0.3) is 0 Å². The third-order valence-corrected chi connectivity index (χ3v) is 1.39. The van der Waals surface area contributed by atoms with Crippen LogP contribution in [0.4, 0.5) is 0 Å². The average Bonchev–Trinajstić information content (AvgIpc) is 1.94. The van der Waals surface area contributed by atoms with Crippen molar-refractivity contribution < 1.29 is 14.3 Å². The van der Waals surface area contributed by atoms with E-state index in [1.54, 1.807) is 6.20 Å². The van der Waals surface area contributed by atoms with E-state index in [0.717, 1.165) is 0 Å². The van der Waals surface area contributed by atoms with Crippen LogP contribution < -0.4 is 5.32 Å². The maximum atomic E-state index is 10.5. The number of hydrogen-bond acceptors (Lipinski definition) is 4. The standard InChI is InChI=1S/C7H11NO3/c1-10-7(9)2-3-8-6-4-11-5-6/h2-3,6,8H,4-5H2,1H3/b3-2+. The molecule has 11 heavy (non-hydrogen) atoms. The van der Waals surface area contributed by atoms with E-state index >= 15 is 0 Å². The molecule has 0 aliphatic carbocycles. The van der Waals surface area contributed by atoms with Crippen LogP contribution >= 0.6 is 0 Å². The molecule has 4 heteroatoms. The number of rotatable bonds is 3. The zero-order chi connectivity index (χ0) is 8.10. The predicted molar refractivity (Wildman–Crippen MR) is 38.9 cm³/mol. The van der Waals surface area contributed by atoms with E-state index in [-0.39, 0.29) is 5.97 Å². The molecule has 1 aliphatic rings. The Kier molecular flexibility index (Phi) is 2.92. The average molecular weight is 157 g/mol. The number of ether oxygens (including phenoxy) is 2. The molecule has 4 nitrogen and oxygen atoms in total. The third-order valence-electron chi connectivity index (χ3n) is 1.39. The largest absolute Gasteiger partial charge is 0.466 e. The molecule has 0 unspecified atom stereocenters. The molecule has 1 heterocycles. The summed E-state index contributed by atoms with van der Waals surface area (Å²) in [5.41, 5.74) is 0. The molecule has 1 aliphatic heterocycles. The number of esters is 1. The summed E-state index contributed by atoms with van der Waals surface area (Å²) >= 11 is 0. The van der Waals surface area contributed by atoms with Crippen molar-refractivity contribution >= 4 is 5.97 Å². The molecule has 1 rings (SSSR count). The van der Waals surface area contributed by atoms with Crippen LogP contribution in [0.3, 0.4) is 0 Å². The first-order valence-electron chi connectivity index (χ1n) is 3.41. The molecule has 62 valence electrons. The van der Waals surface area contributed by atoms with Crippen LogP contribution in [0.1, 0.15) is 0 Å². The highest BCUT2D eigenvalue weighted by Gasteiger charge is 2.15. The second-order valence-corrected chi connectivity index (χ2v) is 2.26. The Hall–Kier alpha value is -1.03. The summed E-state index contributed by atoms with van der Waals surface area (Å²) in [6, 6.07) is 0.357. The first kappa shape index (κ1) is 8.07. The van der Waals surface area contributed by atoms with E-state index < -0.39 is 0 Å². The molecule has 1 N–H and O–H groups in total. The second-order valence-electron chi connectivity index (χ2n) is 2.26. The maximum absolute atomic E-state index is 10.5. The lowest BCUT2D eigenvalue weighted by Gasteiger charge is -2.25. The fraction of sp³-hybridized carbons (Fsp3) is 0.571. The van der Waals surface area contributed by atoms with Gasteiger partial charge in [0.1, 0.15) is 0 Å². The number of hydrogen-bond donors (Lipinski definition) is 1. The fourth-order valence-electron chi connectivity index (χ4n) is 0.652. The minimum absolute atomic E-state index is 0.349. The van der Waals surface area contributed by atoms with E-state index in [1.807, 2.05) is 0 Å². The molecule has 1 saturated heterocycles. The van der Waals surface area contributed by atoms with Crippen molar-refractivity contribution in [3.05, 3.63) is 12.3 Å². The van der Waals surface area contributed by atoms with Crippen molar-refractivity contribution in [2.45, 2.75) is 6.04 Å².